The van der Waals surface area contributed by atoms with Crippen LogP contribution in [-0.2, 0) is 0 Å². The Balaban J connectivity index is 2.30. The zero-order valence-electron chi connectivity index (χ0n) is 7.38. The molecule has 0 aromatic heterocycles. The lowest BCUT2D eigenvalue weighted by atomic mass is 10.2. The topological polar surface area (TPSA) is 3.24 Å². The predicted molar refractivity (Wildman–Crippen MR) is 56.2 cm³/mol. The Labute approximate surface area is 77.7 Å². The Morgan fingerprint density at radius 1 is 1.27 bits per heavy atom. The van der Waals surface area contributed by atoms with Crippen LogP contribution in [0.1, 0.15) is 20.3 Å². The van der Waals surface area contributed by atoms with Crippen molar-refractivity contribution in [2.75, 3.05) is 24.6 Å². The van der Waals surface area contributed by atoms with Crippen molar-refractivity contribution in [1.29, 1.82) is 0 Å². The number of nitrogens with zero attached hydrogens (tertiary/aromatic N) is 1. The van der Waals surface area contributed by atoms with Crippen LogP contribution in [0.15, 0.2) is 0 Å². The van der Waals surface area contributed by atoms with Gasteiger partial charge in [-0.3, -0.25) is 4.90 Å². The molecule has 1 atom stereocenters. The first kappa shape index (κ1) is 9.75. The molecule has 1 rings (SSSR count). The Hall–Kier alpha value is 0.660. The molecule has 1 heterocycles. The highest BCUT2D eigenvalue weighted by Gasteiger charge is 2.13. The first-order chi connectivity index (χ1) is 5.34. The van der Waals surface area contributed by atoms with Gasteiger partial charge in [0.05, 0.1) is 0 Å². The Bertz CT molecular complexity index is 100. The molecule has 0 amide bonds. The van der Waals surface area contributed by atoms with Crippen molar-refractivity contribution in [3.05, 3.63) is 0 Å². The molecule has 0 spiro atoms. The van der Waals surface area contributed by atoms with E-state index in [0.717, 1.165) is 6.04 Å². The number of hydrogen-bond acceptors (Lipinski definition) is 3. The maximum Gasteiger partial charge on any atom is 0.0165 e. The van der Waals surface area contributed by atoms with Gasteiger partial charge in [0.1, 0.15) is 0 Å². The van der Waals surface area contributed by atoms with Gasteiger partial charge in [0.2, 0.25) is 0 Å². The molecule has 1 unspecified atom stereocenters. The first-order valence-corrected chi connectivity index (χ1v) is 6.82. The quantitative estimate of drug-likeness (QED) is 0.617. The summed E-state index contributed by atoms with van der Waals surface area (Å²) in [4.78, 5) is 2.60. The van der Waals surface area contributed by atoms with Crippen LogP contribution in [0.5, 0.6) is 0 Å². The number of hydrogen-bond donors (Lipinski definition) is 0. The minimum absolute atomic E-state index is 0.786. The van der Waals surface area contributed by atoms with Gasteiger partial charge in [0.15, 0.2) is 0 Å². The molecule has 0 bridgehead atoms. The van der Waals surface area contributed by atoms with Crippen LogP contribution in [0.4, 0.5) is 0 Å². The van der Waals surface area contributed by atoms with Gasteiger partial charge in [0.25, 0.3) is 0 Å². The van der Waals surface area contributed by atoms with E-state index < -0.39 is 0 Å². The first-order valence-electron chi connectivity index (χ1n) is 4.33. The lowest BCUT2D eigenvalue weighted by Crippen LogP contribution is -2.35. The van der Waals surface area contributed by atoms with Gasteiger partial charge < -0.3 is 0 Å². The summed E-state index contributed by atoms with van der Waals surface area (Å²) >= 11 is 0. The zero-order chi connectivity index (χ0) is 8.10. The summed E-state index contributed by atoms with van der Waals surface area (Å²) < 4.78 is 0. The van der Waals surface area contributed by atoms with Crippen molar-refractivity contribution >= 4 is 21.6 Å². The highest BCUT2D eigenvalue weighted by Crippen LogP contribution is 2.24. The largest absolute Gasteiger partial charge is 0.299 e. The van der Waals surface area contributed by atoms with E-state index in [1.54, 1.807) is 0 Å². The predicted octanol–water partition coefficient (Wildman–Crippen LogP) is 2.48. The summed E-state index contributed by atoms with van der Waals surface area (Å²) in [5.41, 5.74) is 0. The summed E-state index contributed by atoms with van der Waals surface area (Å²) in [6.45, 7) is 7.18. The molecule has 0 aromatic rings. The molecule has 0 aliphatic carbocycles. The molecular formula is C8H17NS2. The van der Waals surface area contributed by atoms with Crippen molar-refractivity contribution in [1.82, 2.24) is 4.90 Å². The fraction of sp³-hybridized carbons (Fsp3) is 1.00. The molecule has 3 heteroatoms. The molecular weight excluding hydrogens is 174 g/mol. The molecule has 0 radical (unpaired) electrons. The summed E-state index contributed by atoms with van der Waals surface area (Å²) in [5.74, 6) is 2.60. The van der Waals surface area contributed by atoms with Crippen LogP contribution < -0.4 is 0 Å². The minimum atomic E-state index is 0.786. The van der Waals surface area contributed by atoms with Crippen molar-refractivity contribution in [3.8, 4) is 0 Å². The highest BCUT2D eigenvalue weighted by molar-refractivity contribution is 8.76. The number of rotatable bonds is 2. The lowest BCUT2D eigenvalue weighted by molar-refractivity contribution is 0.231. The third-order valence-corrected chi connectivity index (χ3v) is 4.59. The van der Waals surface area contributed by atoms with Gasteiger partial charge >= 0.3 is 0 Å². The maximum atomic E-state index is 2.60. The van der Waals surface area contributed by atoms with E-state index in [1.165, 1.54) is 31.0 Å². The van der Waals surface area contributed by atoms with Crippen molar-refractivity contribution < 1.29 is 0 Å². The smallest absolute Gasteiger partial charge is 0.0165 e. The Morgan fingerprint density at radius 3 is 2.27 bits per heavy atom. The summed E-state index contributed by atoms with van der Waals surface area (Å²) in [6, 6.07) is 0.786. The van der Waals surface area contributed by atoms with Crippen LogP contribution in [0.25, 0.3) is 0 Å². The van der Waals surface area contributed by atoms with Gasteiger partial charge in [-0.15, -0.1) is 0 Å². The fourth-order valence-corrected chi connectivity index (χ4v) is 3.25. The van der Waals surface area contributed by atoms with Crippen molar-refractivity contribution in [2.45, 2.75) is 26.3 Å². The molecule has 0 aromatic carbocycles. The summed E-state index contributed by atoms with van der Waals surface area (Å²) in [5, 5.41) is 0. The second-order valence-corrected chi connectivity index (χ2v) is 5.64. The molecule has 1 fully saturated rings. The third kappa shape index (κ3) is 3.26. The van der Waals surface area contributed by atoms with E-state index in [-0.39, 0.29) is 0 Å². The molecule has 11 heavy (non-hydrogen) atoms. The van der Waals surface area contributed by atoms with Crippen LogP contribution in [0.3, 0.4) is 0 Å². The lowest BCUT2D eigenvalue weighted by Gasteiger charge is -2.25. The Morgan fingerprint density at radius 2 is 1.82 bits per heavy atom. The fourth-order valence-electron chi connectivity index (χ4n) is 1.24. The second kappa shape index (κ2) is 5.33. The van der Waals surface area contributed by atoms with Crippen LogP contribution in [0, 0.1) is 0 Å². The van der Waals surface area contributed by atoms with Gasteiger partial charge in [0, 0.05) is 30.6 Å². The maximum absolute atomic E-state index is 2.60. The van der Waals surface area contributed by atoms with E-state index in [4.69, 9.17) is 0 Å². The molecule has 1 aliphatic rings. The normalized spacial score (nSPS) is 24.5. The molecule has 0 saturated carbocycles. The van der Waals surface area contributed by atoms with Gasteiger partial charge in [-0.1, -0.05) is 28.5 Å². The molecule has 1 saturated heterocycles. The van der Waals surface area contributed by atoms with Crippen LogP contribution >= 0.6 is 21.6 Å². The van der Waals surface area contributed by atoms with E-state index in [9.17, 15) is 0 Å². The van der Waals surface area contributed by atoms with Gasteiger partial charge in [-0.25, -0.2) is 0 Å². The van der Waals surface area contributed by atoms with Crippen molar-refractivity contribution in [2.24, 2.45) is 0 Å². The minimum Gasteiger partial charge on any atom is -0.299 e. The van der Waals surface area contributed by atoms with Gasteiger partial charge in [-0.2, -0.15) is 0 Å². The van der Waals surface area contributed by atoms with E-state index in [0.29, 0.717) is 0 Å². The monoisotopic (exact) mass is 191 g/mol. The molecule has 1 aliphatic heterocycles. The summed E-state index contributed by atoms with van der Waals surface area (Å²) in [7, 11) is 4.04. The van der Waals surface area contributed by atoms with Crippen LogP contribution in [-0.4, -0.2) is 35.5 Å². The van der Waals surface area contributed by atoms with E-state index >= 15 is 0 Å². The standard InChI is InChI=1S/C8H17NS2/c1-3-8(2)9-4-6-10-11-7-5-9/h8H,3-7H2,1-2H3. The van der Waals surface area contributed by atoms with Crippen molar-refractivity contribution in [3.63, 3.8) is 0 Å². The summed E-state index contributed by atoms with van der Waals surface area (Å²) in [6.07, 6.45) is 1.29. The highest BCUT2D eigenvalue weighted by atomic mass is 33.1. The molecule has 66 valence electrons. The Kier molecular flexibility index (Phi) is 4.72. The van der Waals surface area contributed by atoms with E-state index in [1.807, 2.05) is 21.6 Å². The average molecular weight is 191 g/mol. The van der Waals surface area contributed by atoms with Crippen LogP contribution in [0.2, 0.25) is 0 Å². The van der Waals surface area contributed by atoms with Gasteiger partial charge in [-0.05, 0) is 13.3 Å². The third-order valence-electron chi connectivity index (χ3n) is 2.22. The zero-order valence-corrected chi connectivity index (χ0v) is 9.01. The SMILES string of the molecule is CCC(C)N1CCSSCC1. The van der Waals surface area contributed by atoms with E-state index in [2.05, 4.69) is 18.7 Å². The molecule has 0 N–H and O–H groups in total. The average Bonchev–Trinajstić information content (AvgIpc) is 2.30. The molecule has 1 nitrogen and oxygen atoms in total. The second-order valence-electron chi connectivity index (χ2n) is 2.94.